The van der Waals surface area contributed by atoms with Crippen LogP contribution >= 0.6 is 11.3 Å². The molecule has 0 fully saturated rings. The Hall–Kier alpha value is -2.94. The zero-order chi connectivity index (χ0) is 24.1. The van der Waals surface area contributed by atoms with Gasteiger partial charge in [-0.1, -0.05) is 46.7 Å². The summed E-state index contributed by atoms with van der Waals surface area (Å²) in [6, 6.07) is 3.45. The van der Waals surface area contributed by atoms with Crippen LogP contribution in [0.5, 0.6) is 5.75 Å². The van der Waals surface area contributed by atoms with Crippen molar-refractivity contribution in [2.45, 2.75) is 65.9 Å². The number of hydrogen-bond acceptors (Lipinski definition) is 8. The minimum Gasteiger partial charge on any atom is -0.507 e. The van der Waals surface area contributed by atoms with E-state index < -0.39 is 5.97 Å². The lowest BCUT2D eigenvalue weighted by Crippen LogP contribution is -2.20. The maximum absolute atomic E-state index is 13.0. The van der Waals surface area contributed by atoms with Gasteiger partial charge in [-0.05, 0) is 29.9 Å². The number of benzene rings is 1. The van der Waals surface area contributed by atoms with Crippen LogP contribution in [0.4, 0.5) is 5.13 Å². The minimum atomic E-state index is -0.586. The number of anilines is 1. The van der Waals surface area contributed by atoms with Crippen LogP contribution in [0.25, 0.3) is 0 Å². The number of aromatic hydroxyl groups is 1. The van der Waals surface area contributed by atoms with Gasteiger partial charge in [-0.25, -0.2) is 9.78 Å². The number of hydrogen-bond donors (Lipinski definition) is 2. The van der Waals surface area contributed by atoms with Gasteiger partial charge < -0.3 is 14.7 Å². The Morgan fingerprint density at radius 1 is 1.16 bits per heavy atom. The van der Waals surface area contributed by atoms with Crippen LogP contribution in [0.1, 0.15) is 75.6 Å². The topological polar surface area (TPSA) is 110 Å². The molecule has 2 N–H and O–H groups in total. The van der Waals surface area contributed by atoms with E-state index in [0.717, 1.165) is 6.21 Å². The molecule has 1 aromatic carbocycles. The smallest absolute Gasteiger partial charge is 0.352 e. The molecule has 0 aliphatic carbocycles. The second kappa shape index (κ2) is 10.1. The number of nitrogens with zero attached hydrogens (tertiary/aromatic N) is 2. The molecule has 0 bridgehead atoms. The number of nitrogens with one attached hydrogen (secondary N) is 1. The maximum Gasteiger partial charge on any atom is 0.352 e. The third-order valence-corrected chi connectivity index (χ3v) is 5.30. The molecule has 1 heterocycles. The minimum absolute atomic E-state index is 0.0455. The van der Waals surface area contributed by atoms with E-state index in [-0.39, 0.29) is 35.7 Å². The van der Waals surface area contributed by atoms with Crippen LogP contribution in [0.2, 0.25) is 0 Å². The fourth-order valence-electron chi connectivity index (χ4n) is 2.87. The third-order valence-electron chi connectivity index (χ3n) is 4.49. The van der Waals surface area contributed by atoms with Crippen molar-refractivity contribution in [2.75, 3.05) is 11.9 Å². The summed E-state index contributed by atoms with van der Waals surface area (Å²) in [6.07, 6.45) is 0.947. The van der Waals surface area contributed by atoms with E-state index in [0.29, 0.717) is 27.5 Å². The van der Waals surface area contributed by atoms with Crippen LogP contribution in [0, 0.1) is 0 Å². The first-order chi connectivity index (χ1) is 14.8. The second-order valence-corrected chi connectivity index (χ2v) is 10.1. The SMILES string of the molecule is CCOC(=O)C=NOCc1csc(NC(=O)c2cc(C(C)(C)C)c(O)c(C(C)(C)C)c2)n1. The fraction of sp³-hybridized carbons (Fsp3) is 0.478. The lowest BCUT2D eigenvalue weighted by atomic mass is 9.78. The summed E-state index contributed by atoms with van der Waals surface area (Å²) in [5.41, 5.74) is 1.75. The molecule has 1 aromatic heterocycles. The number of thiazole rings is 1. The van der Waals surface area contributed by atoms with Crippen molar-refractivity contribution < 1.29 is 24.3 Å². The Balaban J connectivity index is 2.15. The van der Waals surface area contributed by atoms with Gasteiger partial charge in [0.25, 0.3) is 5.91 Å². The van der Waals surface area contributed by atoms with E-state index in [2.05, 4.69) is 15.5 Å². The predicted octanol–water partition coefficient (Wildman–Crippen LogP) is 4.76. The molecule has 0 unspecified atom stereocenters. The van der Waals surface area contributed by atoms with E-state index >= 15 is 0 Å². The number of carbonyl (C=O) groups is 2. The molecule has 32 heavy (non-hydrogen) atoms. The van der Waals surface area contributed by atoms with Crippen molar-refractivity contribution in [3.8, 4) is 5.75 Å². The van der Waals surface area contributed by atoms with Crippen LogP contribution in [0.3, 0.4) is 0 Å². The number of amides is 1. The molecule has 174 valence electrons. The largest absolute Gasteiger partial charge is 0.507 e. The molecular formula is C23H31N3O5S. The number of phenolic OH excluding ortho intramolecular Hbond substituents is 1. The van der Waals surface area contributed by atoms with Gasteiger partial charge in [0.1, 0.15) is 5.75 Å². The molecule has 0 saturated carbocycles. The quantitative estimate of drug-likeness (QED) is 0.349. The Morgan fingerprint density at radius 3 is 2.28 bits per heavy atom. The number of esters is 1. The zero-order valence-corrected chi connectivity index (χ0v) is 20.4. The van der Waals surface area contributed by atoms with Gasteiger partial charge in [-0.2, -0.15) is 0 Å². The molecule has 0 aliphatic heterocycles. The van der Waals surface area contributed by atoms with Crippen molar-refractivity contribution >= 4 is 34.6 Å². The van der Waals surface area contributed by atoms with Crippen molar-refractivity contribution in [1.82, 2.24) is 4.98 Å². The molecular weight excluding hydrogens is 430 g/mol. The average molecular weight is 462 g/mol. The normalized spacial score (nSPS) is 12.1. The first kappa shape index (κ1) is 25.3. The van der Waals surface area contributed by atoms with Crippen molar-refractivity contribution in [3.05, 3.63) is 39.9 Å². The zero-order valence-electron chi connectivity index (χ0n) is 19.6. The molecule has 9 heteroatoms. The summed E-state index contributed by atoms with van der Waals surface area (Å²) in [7, 11) is 0. The molecule has 0 atom stereocenters. The van der Waals surface area contributed by atoms with E-state index in [9.17, 15) is 14.7 Å². The van der Waals surface area contributed by atoms with Crippen molar-refractivity contribution in [2.24, 2.45) is 5.16 Å². The van der Waals surface area contributed by atoms with Gasteiger partial charge in [0, 0.05) is 22.1 Å². The van der Waals surface area contributed by atoms with E-state index in [1.54, 1.807) is 24.4 Å². The molecule has 2 rings (SSSR count). The summed E-state index contributed by atoms with van der Waals surface area (Å²) in [5, 5.41) is 19.3. The van der Waals surface area contributed by atoms with Gasteiger partial charge >= 0.3 is 5.97 Å². The Kier molecular flexibility index (Phi) is 8.01. The molecule has 8 nitrogen and oxygen atoms in total. The number of carbonyl (C=O) groups excluding carboxylic acids is 2. The fourth-order valence-corrected chi connectivity index (χ4v) is 3.56. The molecule has 0 radical (unpaired) electrons. The van der Waals surface area contributed by atoms with Crippen molar-refractivity contribution in [3.63, 3.8) is 0 Å². The summed E-state index contributed by atoms with van der Waals surface area (Å²) >= 11 is 1.25. The number of ether oxygens (including phenoxy) is 1. The Labute approximate surface area is 192 Å². The van der Waals surface area contributed by atoms with Crippen LogP contribution in [-0.2, 0) is 31.8 Å². The number of rotatable bonds is 7. The van der Waals surface area contributed by atoms with Gasteiger partial charge in [0.2, 0.25) is 0 Å². The highest BCUT2D eigenvalue weighted by Crippen LogP contribution is 2.39. The van der Waals surface area contributed by atoms with Gasteiger partial charge in [-0.3, -0.25) is 10.1 Å². The lowest BCUT2D eigenvalue weighted by Gasteiger charge is -2.28. The summed E-state index contributed by atoms with van der Waals surface area (Å²) in [4.78, 5) is 33.5. The van der Waals surface area contributed by atoms with E-state index in [4.69, 9.17) is 9.57 Å². The lowest BCUT2D eigenvalue weighted by molar-refractivity contribution is -0.134. The molecule has 2 aromatic rings. The summed E-state index contributed by atoms with van der Waals surface area (Å²) in [5.74, 6) is -0.682. The number of aromatic nitrogens is 1. The average Bonchev–Trinajstić information content (AvgIpc) is 3.11. The van der Waals surface area contributed by atoms with E-state index in [1.807, 2.05) is 41.5 Å². The van der Waals surface area contributed by atoms with E-state index in [1.165, 1.54) is 11.3 Å². The highest BCUT2D eigenvalue weighted by atomic mass is 32.1. The van der Waals surface area contributed by atoms with Crippen LogP contribution < -0.4 is 5.32 Å². The van der Waals surface area contributed by atoms with Gasteiger partial charge in [-0.15, -0.1) is 11.3 Å². The first-order valence-corrected chi connectivity index (χ1v) is 11.2. The first-order valence-electron chi connectivity index (χ1n) is 10.3. The molecule has 0 saturated heterocycles. The highest BCUT2D eigenvalue weighted by molar-refractivity contribution is 7.13. The predicted molar refractivity (Wildman–Crippen MR) is 125 cm³/mol. The number of phenols is 1. The summed E-state index contributed by atoms with van der Waals surface area (Å²) < 4.78 is 4.71. The second-order valence-electron chi connectivity index (χ2n) is 9.28. The van der Waals surface area contributed by atoms with Crippen LogP contribution in [-0.4, -0.2) is 34.8 Å². The standard InChI is InChI=1S/C23H31N3O5S/c1-8-30-18(27)11-24-31-12-15-13-32-21(25-15)26-20(29)14-9-16(22(2,3)4)19(28)17(10-14)23(5,6)7/h9-11,13,28H,8,12H2,1-7H3,(H,25,26,29). The monoisotopic (exact) mass is 461 g/mol. The highest BCUT2D eigenvalue weighted by Gasteiger charge is 2.28. The van der Waals surface area contributed by atoms with Crippen LogP contribution in [0.15, 0.2) is 22.7 Å². The third kappa shape index (κ3) is 6.78. The Morgan fingerprint density at radius 2 is 1.75 bits per heavy atom. The molecule has 1 amide bonds. The number of oxime groups is 1. The Bertz CT molecular complexity index is 965. The van der Waals surface area contributed by atoms with Crippen molar-refractivity contribution in [1.29, 1.82) is 0 Å². The van der Waals surface area contributed by atoms with Gasteiger partial charge in [0.05, 0.1) is 12.3 Å². The molecule has 0 spiro atoms. The molecule has 0 aliphatic rings. The van der Waals surface area contributed by atoms with Gasteiger partial charge in [0.15, 0.2) is 18.0 Å². The summed E-state index contributed by atoms with van der Waals surface area (Å²) in [6.45, 7) is 14.0. The maximum atomic E-state index is 13.0.